The maximum Gasteiger partial charge on any atom is 0.263 e. The van der Waals surface area contributed by atoms with Crippen LogP contribution < -0.4 is 4.74 Å². The molecule has 1 aromatic carbocycles. The molecule has 1 aliphatic rings. The van der Waals surface area contributed by atoms with Crippen molar-refractivity contribution >= 4 is 28.1 Å². The van der Waals surface area contributed by atoms with Crippen LogP contribution in [0.1, 0.15) is 43.0 Å². The summed E-state index contributed by atoms with van der Waals surface area (Å²) in [4.78, 5) is 25.4. The van der Waals surface area contributed by atoms with Crippen LogP contribution in [0.15, 0.2) is 22.7 Å². The van der Waals surface area contributed by atoms with E-state index in [1.807, 2.05) is 4.90 Å². The van der Waals surface area contributed by atoms with Crippen LogP contribution in [0.25, 0.3) is 0 Å². The van der Waals surface area contributed by atoms with Crippen molar-refractivity contribution in [3.63, 3.8) is 0 Å². The molecule has 0 N–H and O–H groups in total. The number of para-hydroxylation sites is 1. The minimum Gasteiger partial charge on any atom is -0.479 e. The normalized spacial score (nSPS) is 17.0. The number of aldehydes is 1. The van der Waals surface area contributed by atoms with Gasteiger partial charge >= 0.3 is 0 Å². The van der Waals surface area contributed by atoms with Gasteiger partial charge in [0.25, 0.3) is 5.91 Å². The van der Waals surface area contributed by atoms with Crippen molar-refractivity contribution in [3.8, 4) is 5.75 Å². The van der Waals surface area contributed by atoms with Crippen molar-refractivity contribution in [3.05, 3.63) is 28.2 Å². The van der Waals surface area contributed by atoms with Crippen molar-refractivity contribution in [2.75, 3.05) is 13.1 Å². The number of hydrogen-bond donors (Lipinski definition) is 0. The number of likely N-dealkylation sites (tertiary alicyclic amines) is 1. The van der Waals surface area contributed by atoms with Crippen LogP contribution >= 0.6 is 15.9 Å². The molecular formula is C16H20BrNO3. The number of ether oxygens (including phenoxy) is 1. The smallest absolute Gasteiger partial charge is 0.263 e. The number of benzene rings is 1. The molecule has 0 spiro atoms. The molecule has 1 fully saturated rings. The molecule has 114 valence electrons. The number of carbonyl (C=O) groups is 2. The van der Waals surface area contributed by atoms with E-state index in [1.165, 1.54) is 12.8 Å². The zero-order chi connectivity index (χ0) is 15.2. The van der Waals surface area contributed by atoms with Crippen molar-refractivity contribution in [1.29, 1.82) is 0 Å². The molecule has 1 unspecified atom stereocenters. The lowest BCUT2D eigenvalue weighted by Crippen LogP contribution is -2.41. The molecule has 0 bridgehead atoms. The molecule has 1 atom stereocenters. The first-order chi connectivity index (χ1) is 10.1. The standard InChI is InChI=1S/C16H20BrNO3/c1-12(16(20)18-9-4-2-3-5-10-18)21-15-13(11-19)7-6-8-14(15)17/h6-8,11-12H,2-5,9-10H2,1H3. The first kappa shape index (κ1) is 16.0. The Morgan fingerprint density at radius 3 is 2.57 bits per heavy atom. The van der Waals surface area contributed by atoms with E-state index in [4.69, 9.17) is 4.74 Å². The van der Waals surface area contributed by atoms with Gasteiger partial charge in [0.05, 0.1) is 10.0 Å². The van der Waals surface area contributed by atoms with Gasteiger partial charge in [-0.05, 0) is 47.8 Å². The highest BCUT2D eigenvalue weighted by Gasteiger charge is 2.24. The topological polar surface area (TPSA) is 46.6 Å². The lowest BCUT2D eigenvalue weighted by atomic mass is 10.2. The second kappa shape index (κ2) is 7.59. The highest BCUT2D eigenvalue weighted by molar-refractivity contribution is 9.10. The Morgan fingerprint density at radius 2 is 1.95 bits per heavy atom. The van der Waals surface area contributed by atoms with Crippen LogP contribution in [0.5, 0.6) is 5.75 Å². The Labute approximate surface area is 133 Å². The zero-order valence-electron chi connectivity index (χ0n) is 12.2. The highest BCUT2D eigenvalue weighted by atomic mass is 79.9. The molecule has 1 amide bonds. The van der Waals surface area contributed by atoms with Gasteiger partial charge in [-0.2, -0.15) is 0 Å². The molecule has 2 rings (SSSR count). The molecule has 0 aliphatic carbocycles. The summed E-state index contributed by atoms with van der Waals surface area (Å²) in [6.07, 6.45) is 4.60. The minimum atomic E-state index is -0.597. The molecule has 1 saturated heterocycles. The molecule has 1 aliphatic heterocycles. The molecule has 0 aromatic heterocycles. The monoisotopic (exact) mass is 353 g/mol. The number of halogens is 1. The first-order valence-corrected chi connectivity index (χ1v) is 8.12. The fraction of sp³-hybridized carbons (Fsp3) is 0.500. The van der Waals surface area contributed by atoms with E-state index in [0.717, 1.165) is 32.2 Å². The Kier molecular flexibility index (Phi) is 5.79. The average molecular weight is 354 g/mol. The summed E-state index contributed by atoms with van der Waals surface area (Å²) in [5, 5.41) is 0. The van der Waals surface area contributed by atoms with Gasteiger partial charge in [0.1, 0.15) is 5.75 Å². The van der Waals surface area contributed by atoms with Gasteiger partial charge in [-0.15, -0.1) is 0 Å². The number of rotatable bonds is 4. The summed E-state index contributed by atoms with van der Waals surface area (Å²) >= 11 is 3.37. The quantitative estimate of drug-likeness (QED) is 0.779. The predicted molar refractivity (Wildman–Crippen MR) is 84.7 cm³/mol. The van der Waals surface area contributed by atoms with Gasteiger partial charge < -0.3 is 9.64 Å². The molecule has 0 saturated carbocycles. The molecule has 21 heavy (non-hydrogen) atoms. The molecule has 1 heterocycles. The van der Waals surface area contributed by atoms with E-state index in [2.05, 4.69) is 15.9 Å². The second-order valence-corrected chi connectivity index (χ2v) is 6.13. The lowest BCUT2D eigenvalue weighted by molar-refractivity contribution is -0.137. The van der Waals surface area contributed by atoms with Crippen LogP contribution in [0.3, 0.4) is 0 Å². The largest absolute Gasteiger partial charge is 0.479 e. The summed E-state index contributed by atoms with van der Waals surface area (Å²) < 4.78 is 6.44. The Balaban J connectivity index is 2.08. The van der Waals surface area contributed by atoms with Crippen molar-refractivity contribution in [1.82, 2.24) is 4.90 Å². The van der Waals surface area contributed by atoms with E-state index >= 15 is 0 Å². The van der Waals surface area contributed by atoms with Crippen LogP contribution in [-0.4, -0.2) is 36.3 Å². The Hall–Kier alpha value is -1.36. The van der Waals surface area contributed by atoms with E-state index < -0.39 is 6.10 Å². The summed E-state index contributed by atoms with van der Waals surface area (Å²) in [7, 11) is 0. The Morgan fingerprint density at radius 1 is 1.29 bits per heavy atom. The molecule has 5 heteroatoms. The summed E-state index contributed by atoms with van der Waals surface area (Å²) in [6, 6.07) is 5.24. The van der Waals surface area contributed by atoms with Gasteiger partial charge in [-0.1, -0.05) is 18.9 Å². The fourth-order valence-corrected chi connectivity index (χ4v) is 2.99. The third-order valence-corrected chi connectivity index (χ3v) is 4.31. The van der Waals surface area contributed by atoms with Gasteiger partial charge in [0, 0.05) is 13.1 Å². The molecule has 0 radical (unpaired) electrons. The van der Waals surface area contributed by atoms with E-state index in [-0.39, 0.29) is 5.91 Å². The predicted octanol–water partition coefficient (Wildman–Crippen LogP) is 3.43. The van der Waals surface area contributed by atoms with Crippen LogP contribution in [-0.2, 0) is 4.79 Å². The highest BCUT2D eigenvalue weighted by Crippen LogP contribution is 2.29. The second-order valence-electron chi connectivity index (χ2n) is 5.28. The molecular weight excluding hydrogens is 334 g/mol. The fourth-order valence-electron chi connectivity index (χ4n) is 2.52. The minimum absolute atomic E-state index is 0.00972. The summed E-state index contributed by atoms with van der Waals surface area (Å²) in [5.74, 6) is 0.424. The maximum atomic E-state index is 12.5. The Bertz CT molecular complexity index is 510. The third-order valence-electron chi connectivity index (χ3n) is 3.68. The molecule has 1 aromatic rings. The third kappa shape index (κ3) is 4.06. The van der Waals surface area contributed by atoms with Crippen LogP contribution in [0.4, 0.5) is 0 Å². The number of amides is 1. The number of carbonyl (C=O) groups excluding carboxylic acids is 2. The SMILES string of the molecule is CC(Oc1c(Br)cccc1C=O)C(=O)N1CCCCCC1. The van der Waals surface area contributed by atoms with Gasteiger partial charge in [0.15, 0.2) is 12.4 Å². The van der Waals surface area contributed by atoms with Gasteiger partial charge in [0.2, 0.25) is 0 Å². The van der Waals surface area contributed by atoms with Crippen molar-refractivity contribution in [2.45, 2.75) is 38.7 Å². The van der Waals surface area contributed by atoms with E-state index in [0.29, 0.717) is 15.8 Å². The van der Waals surface area contributed by atoms with Gasteiger partial charge in [-0.25, -0.2) is 0 Å². The number of hydrogen-bond acceptors (Lipinski definition) is 3. The van der Waals surface area contributed by atoms with E-state index in [1.54, 1.807) is 25.1 Å². The van der Waals surface area contributed by atoms with Crippen LogP contribution in [0.2, 0.25) is 0 Å². The number of nitrogens with zero attached hydrogens (tertiary/aromatic N) is 1. The van der Waals surface area contributed by atoms with Crippen LogP contribution in [0, 0.1) is 0 Å². The van der Waals surface area contributed by atoms with Crippen molar-refractivity contribution < 1.29 is 14.3 Å². The maximum absolute atomic E-state index is 12.5. The lowest BCUT2D eigenvalue weighted by Gasteiger charge is -2.25. The average Bonchev–Trinajstić information content (AvgIpc) is 2.77. The first-order valence-electron chi connectivity index (χ1n) is 7.32. The summed E-state index contributed by atoms with van der Waals surface area (Å²) in [6.45, 7) is 3.33. The molecule has 4 nitrogen and oxygen atoms in total. The summed E-state index contributed by atoms with van der Waals surface area (Å²) in [5.41, 5.74) is 0.444. The van der Waals surface area contributed by atoms with Crippen molar-refractivity contribution in [2.24, 2.45) is 0 Å². The van der Waals surface area contributed by atoms with E-state index in [9.17, 15) is 9.59 Å². The zero-order valence-corrected chi connectivity index (χ0v) is 13.8. The van der Waals surface area contributed by atoms with Gasteiger partial charge in [-0.3, -0.25) is 9.59 Å².